The lowest BCUT2D eigenvalue weighted by Gasteiger charge is -2.38. The Kier molecular flexibility index (Phi) is 3.84. The molecule has 20 heavy (non-hydrogen) atoms. The predicted octanol–water partition coefficient (Wildman–Crippen LogP) is 2.01. The summed E-state index contributed by atoms with van der Waals surface area (Å²) in [6, 6.07) is 2.23. The van der Waals surface area contributed by atoms with Gasteiger partial charge in [-0.1, -0.05) is 11.6 Å². The average Bonchev–Trinajstić information content (AvgIpc) is 2.73. The van der Waals surface area contributed by atoms with Crippen molar-refractivity contribution in [3.63, 3.8) is 0 Å². The molecule has 0 bridgehead atoms. The summed E-state index contributed by atoms with van der Waals surface area (Å²) < 4.78 is 5.92. The standard InChI is InChI=1S/C14H21ClN4O/c1-9-7-11(18-19-13(9)15)17-12-10(2)20-8-14(12)3-5-16-6-4-14/h7,10,12,16H,3-6,8H2,1-2H3,(H,17,18)/t10-,12+/m0/s1. The number of hydrogen-bond acceptors (Lipinski definition) is 5. The van der Waals surface area contributed by atoms with Gasteiger partial charge in [0.15, 0.2) is 5.15 Å². The van der Waals surface area contributed by atoms with E-state index in [1.165, 1.54) is 0 Å². The topological polar surface area (TPSA) is 59.1 Å². The van der Waals surface area contributed by atoms with Gasteiger partial charge in [0.2, 0.25) is 0 Å². The van der Waals surface area contributed by atoms with Crippen molar-refractivity contribution in [2.24, 2.45) is 5.41 Å². The van der Waals surface area contributed by atoms with Gasteiger partial charge in [-0.25, -0.2) is 0 Å². The molecular formula is C14H21ClN4O. The highest BCUT2D eigenvalue weighted by Crippen LogP contribution is 2.42. The van der Waals surface area contributed by atoms with Crippen molar-refractivity contribution in [3.8, 4) is 0 Å². The largest absolute Gasteiger partial charge is 0.376 e. The molecule has 1 aromatic heterocycles. The fraction of sp³-hybridized carbons (Fsp3) is 0.714. The number of piperidine rings is 1. The minimum absolute atomic E-state index is 0.186. The van der Waals surface area contributed by atoms with Crippen molar-refractivity contribution in [2.75, 3.05) is 25.0 Å². The maximum atomic E-state index is 5.93. The molecule has 6 heteroatoms. The molecule has 2 aliphatic heterocycles. The minimum Gasteiger partial charge on any atom is -0.376 e. The Morgan fingerprint density at radius 3 is 2.85 bits per heavy atom. The highest BCUT2D eigenvalue weighted by molar-refractivity contribution is 6.30. The van der Waals surface area contributed by atoms with Crippen LogP contribution in [0.1, 0.15) is 25.3 Å². The lowest BCUT2D eigenvalue weighted by atomic mass is 9.73. The Bertz CT molecular complexity index is 485. The van der Waals surface area contributed by atoms with Gasteiger partial charge in [0, 0.05) is 5.41 Å². The molecule has 3 rings (SSSR count). The number of ether oxygens (including phenoxy) is 1. The van der Waals surface area contributed by atoms with Gasteiger partial charge in [-0.2, -0.15) is 0 Å². The van der Waals surface area contributed by atoms with Crippen LogP contribution in [0.15, 0.2) is 6.07 Å². The zero-order valence-electron chi connectivity index (χ0n) is 11.9. The number of aryl methyl sites for hydroxylation is 1. The lowest BCUT2D eigenvalue weighted by Crippen LogP contribution is -2.48. The first-order valence-electron chi connectivity index (χ1n) is 7.19. The van der Waals surface area contributed by atoms with Gasteiger partial charge < -0.3 is 15.4 Å². The molecular weight excluding hydrogens is 276 g/mol. The Morgan fingerprint density at radius 1 is 1.40 bits per heavy atom. The molecule has 1 aromatic rings. The fourth-order valence-electron chi connectivity index (χ4n) is 3.33. The van der Waals surface area contributed by atoms with E-state index in [2.05, 4.69) is 27.8 Å². The van der Waals surface area contributed by atoms with Crippen LogP contribution in [-0.2, 0) is 4.74 Å². The van der Waals surface area contributed by atoms with Crippen LogP contribution in [0.25, 0.3) is 0 Å². The molecule has 2 N–H and O–H groups in total. The first-order valence-corrected chi connectivity index (χ1v) is 7.57. The number of anilines is 1. The molecule has 0 saturated carbocycles. The summed E-state index contributed by atoms with van der Waals surface area (Å²) in [6.45, 7) is 7.01. The summed E-state index contributed by atoms with van der Waals surface area (Å²) in [5, 5.41) is 15.5. The Balaban J connectivity index is 1.81. The fourth-order valence-corrected chi connectivity index (χ4v) is 3.42. The number of hydrogen-bond donors (Lipinski definition) is 2. The van der Waals surface area contributed by atoms with E-state index < -0.39 is 0 Å². The van der Waals surface area contributed by atoms with E-state index in [0.29, 0.717) is 5.15 Å². The van der Waals surface area contributed by atoms with Crippen molar-refractivity contribution in [1.82, 2.24) is 15.5 Å². The number of nitrogens with zero attached hydrogens (tertiary/aromatic N) is 2. The molecule has 2 fully saturated rings. The van der Waals surface area contributed by atoms with Crippen LogP contribution in [-0.4, -0.2) is 42.0 Å². The van der Waals surface area contributed by atoms with E-state index in [1.807, 2.05) is 13.0 Å². The monoisotopic (exact) mass is 296 g/mol. The summed E-state index contributed by atoms with van der Waals surface area (Å²) in [4.78, 5) is 0. The van der Waals surface area contributed by atoms with E-state index in [-0.39, 0.29) is 17.6 Å². The van der Waals surface area contributed by atoms with E-state index in [4.69, 9.17) is 16.3 Å². The smallest absolute Gasteiger partial charge is 0.154 e. The third kappa shape index (κ3) is 2.50. The van der Waals surface area contributed by atoms with Crippen LogP contribution in [0.4, 0.5) is 5.82 Å². The normalized spacial score (nSPS) is 28.8. The van der Waals surface area contributed by atoms with Crippen LogP contribution in [0.2, 0.25) is 5.15 Å². The number of halogens is 1. The third-order valence-electron chi connectivity index (χ3n) is 4.59. The van der Waals surface area contributed by atoms with Gasteiger partial charge in [0.25, 0.3) is 0 Å². The van der Waals surface area contributed by atoms with Crippen LogP contribution in [0.3, 0.4) is 0 Å². The van der Waals surface area contributed by atoms with Gasteiger partial charge in [-0.05, 0) is 51.4 Å². The van der Waals surface area contributed by atoms with Crippen LogP contribution in [0.5, 0.6) is 0 Å². The van der Waals surface area contributed by atoms with Gasteiger partial charge >= 0.3 is 0 Å². The number of rotatable bonds is 2. The molecule has 5 nitrogen and oxygen atoms in total. The second-order valence-electron chi connectivity index (χ2n) is 5.95. The summed E-state index contributed by atoms with van der Waals surface area (Å²) >= 11 is 5.93. The summed E-state index contributed by atoms with van der Waals surface area (Å²) in [5.41, 5.74) is 1.15. The molecule has 0 amide bonds. The molecule has 0 aliphatic carbocycles. The molecule has 0 radical (unpaired) electrons. The van der Waals surface area contributed by atoms with Crippen molar-refractivity contribution < 1.29 is 4.74 Å². The van der Waals surface area contributed by atoms with Crippen LogP contribution < -0.4 is 10.6 Å². The van der Waals surface area contributed by atoms with Gasteiger partial charge in [-0.15, -0.1) is 10.2 Å². The molecule has 1 spiro atoms. The first-order chi connectivity index (χ1) is 9.61. The second-order valence-corrected chi connectivity index (χ2v) is 6.31. The van der Waals surface area contributed by atoms with E-state index in [1.54, 1.807) is 0 Å². The Hall–Kier alpha value is -0.910. The first kappa shape index (κ1) is 14.0. The zero-order chi connectivity index (χ0) is 14.2. The van der Waals surface area contributed by atoms with Crippen molar-refractivity contribution >= 4 is 17.4 Å². The van der Waals surface area contributed by atoms with Crippen LogP contribution in [0, 0.1) is 12.3 Å². The highest BCUT2D eigenvalue weighted by Gasteiger charge is 2.48. The average molecular weight is 297 g/mol. The molecule has 2 atom stereocenters. The number of nitrogens with one attached hydrogen (secondary N) is 2. The number of aromatic nitrogens is 2. The summed E-state index contributed by atoms with van der Waals surface area (Å²) in [6.07, 6.45) is 2.45. The van der Waals surface area contributed by atoms with Gasteiger partial charge in [0.1, 0.15) is 5.82 Å². The Morgan fingerprint density at radius 2 is 2.15 bits per heavy atom. The maximum Gasteiger partial charge on any atom is 0.154 e. The van der Waals surface area contributed by atoms with Crippen molar-refractivity contribution in [3.05, 3.63) is 16.8 Å². The lowest BCUT2D eigenvalue weighted by molar-refractivity contribution is 0.0952. The third-order valence-corrected chi connectivity index (χ3v) is 4.96. The molecule has 110 valence electrons. The molecule has 0 unspecified atom stereocenters. The molecule has 3 heterocycles. The summed E-state index contributed by atoms with van der Waals surface area (Å²) in [5.74, 6) is 0.784. The highest BCUT2D eigenvalue weighted by atomic mass is 35.5. The van der Waals surface area contributed by atoms with E-state index >= 15 is 0 Å². The predicted molar refractivity (Wildman–Crippen MR) is 79.1 cm³/mol. The zero-order valence-corrected chi connectivity index (χ0v) is 12.7. The second kappa shape index (κ2) is 5.47. The molecule has 0 aromatic carbocycles. The van der Waals surface area contributed by atoms with E-state index in [9.17, 15) is 0 Å². The minimum atomic E-state index is 0.186. The molecule has 2 aliphatic rings. The Labute approximate surface area is 124 Å². The van der Waals surface area contributed by atoms with Crippen molar-refractivity contribution in [2.45, 2.75) is 38.8 Å². The SMILES string of the molecule is Cc1cc(N[C@@H]2[C@H](C)OCC23CCNCC3)nnc1Cl. The van der Waals surface area contributed by atoms with Crippen molar-refractivity contribution in [1.29, 1.82) is 0 Å². The quantitative estimate of drug-likeness (QED) is 0.874. The van der Waals surface area contributed by atoms with E-state index in [0.717, 1.165) is 43.9 Å². The van der Waals surface area contributed by atoms with Crippen LogP contribution >= 0.6 is 11.6 Å². The molecule has 2 saturated heterocycles. The van der Waals surface area contributed by atoms with Gasteiger partial charge in [-0.3, -0.25) is 0 Å². The maximum absolute atomic E-state index is 5.93. The van der Waals surface area contributed by atoms with Gasteiger partial charge in [0.05, 0.1) is 18.8 Å². The summed E-state index contributed by atoms with van der Waals surface area (Å²) in [7, 11) is 0.